The first kappa shape index (κ1) is 36.2. The minimum absolute atomic E-state index is 0.0330. The number of nitrogens with one attached hydrogen (secondary N) is 4. The average Bonchev–Trinajstić information content (AvgIpc) is 3.11. The lowest BCUT2D eigenvalue weighted by Gasteiger charge is -2.10. The first-order valence-corrected chi connectivity index (χ1v) is 17.0. The van der Waals surface area contributed by atoms with Gasteiger partial charge in [-0.1, -0.05) is 73.5 Å². The summed E-state index contributed by atoms with van der Waals surface area (Å²) in [5, 5.41) is 12.9. The zero-order valence-corrected chi connectivity index (χ0v) is 28.4. The third-order valence-electron chi connectivity index (χ3n) is 8.20. The van der Waals surface area contributed by atoms with Crippen molar-refractivity contribution in [2.24, 2.45) is 0 Å². The number of hydrogen-bond donors (Lipinski definition) is 4. The molecule has 0 aliphatic carbocycles. The Bertz CT molecular complexity index is 1420. The normalized spacial score (nSPS) is 10.8. The number of carbonyl (C=O) groups excluding carboxylic acids is 2. The van der Waals surface area contributed by atoms with Crippen LogP contribution in [0.1, 0.15) is 62.5 Å². The summed E-state index contributed by atoms with van der Waals surface area (Å²) in [6.07, 6.45) is 6.73. The smallest absolute Gasteiger partial charge is 0.224 e. The van der Waals surface area contributed by atoms with Gasteiger partial charge in [0, 0.05) is 48.4 Å². The molecule has 8 heteroatoms. The molecule has 4 rings (SSSR count). The highest BCUT2D eigenvalue weighted by Crippen LogP contribution is 2.24. The molecule has 0 saturated heterocycles. The molecule has 0 atom stereocenters. The molecule has 0 fully saturated rings. The Labute approximate surface area is 285 Å². The maximum absolute atomic E-state index is 12.4. The lowest BCUT2D eigenvalue weighted by atomic mass is 10.0. The van der Waals surface area contributed by atoms with E-state index in [2.05, 4.69) is 33.4 Å². The van der Waals surface area contributed by atoms with Gasteiger partial charge in [-0.3, -0.25) is 9.59 Å². The van der Waals surface area contributed by atoms with E-state index in [0.717, 1.165) is 110 Å². The van der Waals surface area contributed by atoms with Crippen LogP contribution in [0.15, 0.2) is 97.1 Å². The molecule has 0 heterocycles. The first-order chi connectivity index (χ1) is 23.6. The Morgan fingerprint density at radius 2 is 0.896 bits per heavy atom. The summed E-state index contributed by atoms with van der Waals surface area (Å²) in [7, 11) is 3.38. The number of benzene rings is 4. The Kier molecular flexibility index (Phi) is 15.5. The fourth-order valence-electron chi connectivity index (χ4n) is 5.51. The van der Waals surface area contributed by atoms with E-state index in [9.17, 15) is 9.59 Å². The van der Waals surface area contributed by atoms with Crippen LogP contribution in [-0.2, 0) is 22.7 Å². The van der Waals surface area contributed by atoms with Gasteiger partial charge in [0.25, 0.3) is 0 Å². The maximum atomic E-state index is 12.4. The molecule has 254 valence electrons. The number of methoxy groups -OCH3 is 2. The van der Waals surface area contributed by atoms with Crippen LogP contribution >= 0.6 is 0 Å². The van der Waals surface area contributed by atoms with Crippen molar-refractivity contribution in [3.8, 4) is 22.6 Å². The molecule has 48 heavy (non-hydrogen) atoms. The second kappa shape index (κ2) is 20.5. The van der Waals surface area contributed by atoms with E-state index in [4.69, 9.17) is 9.47 Å². The first-order valence-electron chi connectivity index (χ1n) is 17.0. The summed E-state index contributed by atoms with van der Waals surface area (Å²) in [5.74, 6) is 1.87. The molecule has 0 spiro atoms. The lowest BCUT2D eigenvalue weighted by Crippen LogP contribution is -2.15. The van der Waals surface area contributed by atoms with E-state index < -0.39 is 0 Å². The molecule has 4 N–H and O–H groups in total. The number of para-hydroxylation sites is 2. The average molecular weight is 651 g/mol. The van der Waals surface area contributed by atoms with Crippen LogP contribution in [-0.4, -0.2) is 39.1 Å². The topological polar surface area (TPSA) is 101 Å². The molecule has 0 radical (unpaired) electrons. The summed E-state index contributed by atoms with van der Waals surface area (Å²) in [5.41, 5.74) is 5.97. The minimum atomic E-state index is 0.0330. The van der Waals surface area contributed by atoms with Gasteiger partial charge in [-0.2, -0.15) is 0 Å². The second-order valence-corrected chi connectivity index (χ2v) is 11.8. The molecule has 0 unspecified atom stereocenters. The largest absolute Gasteiger partial charge is 0.496 e. The van der Waals surface area contributed by atoms with Crippen LogP contribution in [0.4, 0.5) is 11.4 Å². The van der Waals surface area contributed by atoms with Crippen molar-refractivity contribution < 1.29 is 19.1 Å². The van der Waals surface area contributed by atoms with Gasteiger partial charge in [0.2, 0.25) is 11.8 Å². The monoisotopic (exact) mass is 650 g/mol. The van der Waals surface area contributed by atoms with Gasteiger partial charge >= 0.3 is 0 Å². The number of unbranched alkanes of at least 4 members (excludes halogenated alkanes) is 4. The summed E-state index contributed by atoms with van der Waals surface area (Å²) >= 11 is 0. The van der Waals surface area contributed by atoms with Crippen molar-refractivity contribution in [3.05, 3.63) is 108 Å². The summed E-state index contributed by atoms with van der Waals surface area (Å²) in [6.45, 7) is 3.35. The molecule has 0 aromatic heterocycles. The number of amides is 2. The molecule has 2 amide bonds. The highest BCUT2D eigenvalue weighted by Gasteiger charge is 2.07. The number of anilines is 2. The maximum Gasteiger partial charge on any atom is 0.224 e. The predicted molar refractivity (Wildman–Crippen MR) is 195 cm³/mol. The SMILES string of the molecule is COc1ccccc1CNCCCCCC(=O)Nc1ccc(-c2ccc(NC(=O)CCCCCNCc3ccccc3OC)cc2)cc1. The van der Waals surface area contributed by atoms with Crippen LogP contribution < -0.4 is 30.7 Å². The van der Waals surface area contributed by atoms with Crippen molar-refractivity contribution >= 4 is 23.2 Å². The number of carbonyl (C=O) groups is 2. The van der Waals surface area contributed by atoms with Gasteiger partial charge < -0.3 is 30.7 Å². The van der Waals surface area contributed by atoms with Crippen LogP contribution in [0.2, 0.25) is 0 Å². The Morgan fingerprint density at radius 1 is 0.500 bits per heavy atom. The van der Waals surface area contributed by atoms with Crippen molar-refractivity contribution in [3.63, 3.8) is 0 Å². The zero-order valence-electron chi connectivity index (χ0n) is 28.4. The number of ether oxygens (including phenoxy) is 2. The van der Waals surface area contributed by atoms with Gasteiger partial charge in [-0.25, -0.2) is 0 Å². The molecule has 4 aromatic rings. The fraction of sp³-hybridized carbons (Fsp3) is 0.350. The third-order valence-corrected chi connectivity index (χ3v) is 8.20. The summed E-state index contributed by atoms with van der Waals surface area (Å²) in [6, 6.07) is 31.8. The van der Waals surface area contributed by atoms with Gasteiger partial charge in [-0.15, -0.1) is 0 Å². The molecular formula is C40H50N4O4. The van der Waals surface area contributed by atoms with Crippen LogP contribution in [0.5, 0.6) is 11.5 Å². The van der Waals surface area contributed by atoms with Crippen molar-refractivity contribution in [1.29, 1.82) is 0 Å². The van der Waals surface area contributed by atoms with E-state index in [0.29, 0.717) is 12.8 Å². The third kappa shape index (κ3) is 12.5. The zero-order chi connectivity index (χ0) is 33.8. The van der Waals surface area contributed by atoms with Gasteiger partial charge in [0.15, 0.2) is 0 Å². The second-order valence-electron chi connectivity index (χ2n) is 11.8. The highest BCUT2D eigenvalue weighted by atomic mass is 16.5. The van der Waals surface area contributed by atoms with Crippen LogP contribution in [0.25, 0.3) is 11.1 Å². The van der Waals surface area contributed by atoms with Crippen LogP contribution in [0, 0.1) is 0 Å². The van der Waals surface area contributed by atoms with E-state index in [1.54, 1.807) is 14.2 Å². The molecule has 8 nitrogen and oxygen atoms in total. The minimum Gasteiger partial charge on any atom is -0.496 e. The van der Waals surface area contributed by atoms with E-state index in [1.165, 1.54) is 0 Å². The number of hydrogen-bond acceptors (Lipinski definition) is 6. The molecule has 4 aromatic carbocycles. The highest BCUT2D eigenvalue weighted by molar-refractivity contribution is 5.91. The van der Waals surface area contributed by atoms with Crippen molar-refractivity contribution in [2.45, 2.75) is 64.5 Å². The fourth-order valence-corrected chi connectivity index (χ4v) is 5.51. The molecule has 0 saturated carbocycles. The van der Waals surface area contributed by atoms with E-state index >= 15 is 0 Å². The van der Waals surface area contributed by atoms with Gasteiger partial charge in [0.1, 0.15) is 11.5 Å². The predicted octanol–water partition coefficient (Wildman–Crippen LogP) is 7.95. The molecular weight excluding hydrogens is 600 g/mol. The Hall–Kier alpha value is -4.66. The standard InChI is InChI=1S/C40H50N4O4/c1-47-37-15-9-7-13-33(37)29-41-27-11-3-5-17-39(45)43-35-23-19-31(20-24-35)32-21-25-36(26-22-32)44-40(46)18-6-4-12-28-42-30-34-14-8-10-16-38(34)48-2/h7-10,13-16,19-26,41-42H,3-6,11-12,17-18,27-30H2,1-2H3,(H,43,45)(H,44,46). The molecule has 0 bridgehead atoms. The van der Waals surface area contributed by atoms with E-state index in [1.807, 2.05) is 84.9 Å². The number of rotatable bonds is 21. The quantitative estimate of drug-likeness (QED) is 0.0683. The summed E-state index contributed by atoms with van der Waals surface area (Å²) < 4.78 is 10.8. The van der Waals surface area contributed by atoms with Gasteiger partial charge in [-0.05, 0) is 86.3 Å². The molecule has 0 aliphatic rings. The lowest BCUT2D eigenvalue weighted by molar-refractivity contribution is -0.117. The van der Waals surface area contributed by atoms with Crippen molar-refractivity contribution in [2.75, 3.05) is 37.9 Å². The van der Waals surface area contributed by atoms with E-state index in [-0.39, 0.29) is 11.8 Å². The molecule has 0 aliphatic heterocycles. The summed E-state index contributed by atoms with van der Waals surface area (Å²) in [4.78, 5) is 24.9. The van der Waals surface area contributed by atoms with Crippen molar-refractivity contribution in [1.82, 2.24) is 10.6 Å². The Morgan fingerprint density at radius 3 is 1.29 bits per heavy atom. The van der Waals surface area contributed by atoms with Gasteiger partial charge in [0.05, 0.1) is 14.2 Å². The Balaban J connectivity index is 1.06. The van der Waals surface area contributed by atoms with Crippen LogP contribution in [0.3, 0.4) is 0 Å².